The van der Waals surface area contributed by atoms with E-state index in [4.69, 9.17) is 9.15 Å². The number of ether oxygens (including phenoxy) is 1. The Balaban J connectivity index is 2.13. The molecule has 2 rings (SSSR count). The SMILES string of the molecule is COCC(Nc1nccc(C)n1)c1ccco1. The summed E-state index contributed by atoms with van der Waals surface area (Å²) in [7, 11) is 1.65. The zero-order chi connectivity index (χ0) is 12.1. The van der Waals surface area contributed by atoms with Gasteiger partial charge >= 0.3 is 0 Å². The van der Waals surface area contributed by atoms with Crippen LogP contribution in [-0.2, 0) is 4.74 Å². The van der Waals surface area contributed by atoms with E-state index in [0.717, 1.165) is 11.5 Å². The summed E-state index contributed by atoms with van der Waals surface area (Å²) in [6, 6.07) is 5.50. The molecule has 0 aliphatic carbocycles. The lowest BCUT2D eigenvalue weighted by molar-refractivity contribution is 0.178. The van der Waals surface area contributed by atoms with E-state index < -0.39 is 0 Å². The average Bonchev–Trinajstić information content (AvgIpc) is 2.82. The standard InChI is InChI=1S/C12H15N3O2/c1-9-5-6-13-12(14-9)15-10(8-16-2)11-4-3-7-17-11/h3-7,10H,8H2,1-2H3,(H,13,14,15). The third-order valence-corrected chi connectivity index (χ3v) is 2.32. The topological polar surface area (TPSA) is 60.2 Å². The molecular formula is C12H15N3O2. The van der Waals surface area contributed by atoms with E-state index in [-0.39, 0.29) is 6.04 Å². The van der Waals surface area contributed by atoms with Gasteiger partial charge in [-0.25, -0.2) is 9.97 Å². The van der Waals surface area contributed by atoms with Crippen LogP contribution in [0.25, 0.3) is 0 Å². The lowest BCUT2D eigenvalue weighted by Crippen LogP contribution is -2.17. The van der Waals surface area contributed by atoms with Crippen LogP contribution in [0, 0.1) is 6.92 Å². The van der Waals surface area contributed by atoms with Gasteiger partial charge in [0, 0.05) is 19.0 Å². The molecule has 5 heteroatoms. The van der Waals surface area contributed by atoms with E-state index in [1.807, 2.05) is 25.1 Å². The van der Waals surface area contributed by atoms with Gasteiger partial charge in [0.05, 0.1) is 12.9 Å². The predicted molar refractivity (Wildman–Crippen MR) is 63.7 cm³/mol. The van der Waals surface area contributed by atoms with E-state index in [9.17, 15) is 0 Å². The summed E-state index contributed by atoms with van der Waals surface area (Å²) in [5.74, 6) is 1.38. The first kappa shape index (κ1) is 11.6. The molecular weight excluding hydrogens is 218 g/mol. The van der Waals surface area contributed by atoms with Crippen molar-refractivity contribution in [3.05, 3.63) is 42.1 Å². The maximum atomic E-state index is 5.35. The van der Waals surface area contributed by atoms with Gasteiger partial charge in [-0.05, 0) is 25.1 Å². The molecule has 2 aromatic heterocycles. The highest BCUT2D eigenvalue weighted by molar-refractivity contribution is 5.29. The Bertz CT molecular complexity index is 457. The number of nitrogens with one attached hydrogen (secondary N) is 1. The molecule has 2 aromatic rings. The smallest absolute Gasteiger partial charge is 0.223 e. The van der Waals surface area contributed by atoms with Gasteiger partial charge in [-0.2, -0.15) is 0 Å². The summed E-state index contributed by atoms with van der Waals surface area (Å²) < 4.78 is 10.5. The van der Waals surface area contributed by atoms with Crippen molar-refractivity contribution in [2.45, 2.75) is 13.0 Å². The first-order valence-electron chi connectivity index (χ1n) is 5.38. The number of aryl methyl sites for hydroxylation is 1. The van der Waals surface area contributed by atoms with Crippen molar-refractivity contribution < 1.29 is 9.15 Å². The zero-order valence-electron chi connectivity index (χ0n) is 9.88. The van der Waals surface area contributed by atoms with Crippen molar-refractivity contribution in [3.63, 3.8) is 0 Å². The summed E-state index contributed by atoms with van der Waals surface area (Å²) >= 11 is 0. The third kappa shape index (κ3) is 3.04. The molecule has 17 heavy (non-hydrogen) atoms. The fraction of sp³-hybridized carbons (Fsp3) is 0.333. The number of methoxy groups -OCH3 is 1. The van der Waals surface area contributed by atoms with Crippen molar-refractivity contribution in [1.82, 2.24) is 9.97 Å². The summed E-state index contributed by atoms with van der Waals surface area (Å²) in [4.78, 5) is 8.44. The van der Waals surface area contributed by atoms with Gasteiger partial charge in [-0.1, -0.05) is 0 Å². The molecule has 0 radical (unpaired) electrons. The fourth-order valence-corrected chi connectivity index (χ4v) is 1.53. The molecule has 1 atom stereocenters. The molecule has 1 N–H and O–H groups in total. The normalized spacial score (nSPS) is 12.4. The number of aromatic nitrogens is 2. The highest BCUT2D eigenvalue weighted by Gasteiger charge is 2.15. The first-order chi connectivity index (χ1) is 8.29. The van der Waals surface area contributed by atoms with Crippen LogP contribution in [0.2, 0.25) is 0 Å². The molecule has 0 bridgehead atoms. The van der Waals surface area contributed by atoms with Crippen LogP contribution in [-0.4, -0.2) is 23.7 Å². The summed E-state index contributed by atoms with van der Waals surface area (Å²) in [6.07, 6.45) is 3.35. The second-order valence-electron chi connectivity index (χ2n) is 3.69. The second kappa shape index (κ2) is 5.45. The highest BCUT2D eigenvalue weighted by atomic mass is 16.5. The largest absolute Gasteiger partial charge is 0.467 e. The van der Waals surface area contributed by atoms with Crippen LogP contribution in [0.5, 0.6) is 0 Å². The van der Waals surface area contributed by atoms with Crippen molar-refractivity contribution in [2.24, 2.45) is 0 Å². The van der Waals surface area contributed by atoms with Crippen LogP contribution in [0.15, 0.2) is 35.1 Å². The van der Waals surface area contributed by atoms with Crippen molar-refractivity contribution >= 4 is 5.95 Å². The predicted octanol–water partition coefficient (Wildman–Crippen LogP) is 2.18. The van der Waals surface area contributed by atoms with Crippen molar-refractivity contribution in [2.75, 3.05) is 19.0 Å². The fourth-order valence-electron chi connectivity index (χ4n) is 1.53. The minimum Gasteiger partial charge on any atom is -0.467 e. The Labute approximate surface area is 99.8 Å². The van der Waals surface area contributed by atoms with Gasteiger partial charge in [0.1, 0.15) is 11.8 Å². The number of furan rings is 1. The molecule has 0 saturated carbocycles. The maximum Gasteiger partial charge on any atom is 0.223 e. The molecule has 5 nitrogen and oxygen atoms in total. The van der Waals surface area contributed by atoms with Gasteiger partial charge in [-0.15, -0.1) is 0 Å². The highest BCUT2D eigenvalue weighted by Crippen LogP contribution is 2.18. The summed E-state index contributed by atoms with van der Waals surface area (Å²) in [5.41, 5.74) is 0.915. The van der Waals surface area contributed by atoms with Gasteiger partial charge in [0.25, 0.3) is 0 Å². The van der Waals surface area contributed by atoms with Gasteiger partial charge < -0.3 is 14.5 Å². The van der Waals surface area contributed by atoms with E-state index in [1.165, 1.54) is 0 Å². The zero-order valence-corrected chi connectivity index (χ0v) is 9.88. The molecule has 0 amide bonds. The minimum absolute atomic E-state index is 0.0863. The van der Waals surface area contributed by atoms with Crippen LogP contribution < -0.4 is 5.32 Å². The van der Waals surface area contributed by atoms with E-state index in [0.29, 0.717) is 12.6 Å². The van der Waals surface area contributed by atoms with Crippen LogP contribution in [0.3, 0.4) is 0 Å². The molecule has 0 aliphatic rings. The number of anilines is 1. The minimum atomic E-state index is -0.0863. The molecule has 0 fully saturated rings. The van der Waals surface area contributed by atoms with E-state index >= 15 is 0 Å². The number of hydrogen-bond donors (Lipinski definition) is 1. The average molecular weight is 233 g/mol. The lowest BCUT2D eigenvalue weighted by atomic mass is 10.2. The van der Waals surface area contributed by atoms with Crippen LogP contribution in [0.4, 0.5) is 5.95 Å². The molecule has 0 aliphatic heterocycles. The van der Waals surface area contributed by atoms with Gasteiger partial charge in [0.2, 0.25) is 5.95 Å². The second-order valence-corrected chi connectivity index (χ2v) is 3.69. The Morgan fingerprint density at radius 2 is 2.35 bits per heavy atom. The van der Waals surface area contributed by atoms with E-state index in [1.54, 1.807) is 19.6 Å². The maximum absolute atomic E-state index is 5.35. The Morgan fingerprint density at radius 3 is 3.00 bits per heavy atom. The Morgan fingerprint density at radius 1 is 1.47 bits per heavy atom. The first-order valence-corrected chi connectivity index (χ1v) is 5.38. The van der Waals surface area contributed by atoms with Crippen molar-refractivity contribution in [3.8, 4) is 0 Å². The molecule has 2 heterocycles. The van der Waals surface area contributed by atoms with Crippen LogP contribution in [0.1, 0.15) is 17.5 Å². The summed E-state index contributed by atoms with van der Waals surface area (Å²) in [6.45, 7) is 2.41. The quantitative estimate of drug-likeness (QED) is 0.857. The molecule has 90 valence electrons. The molecule has 1 unspecified atom stereocenters. The molecule has 0 saturated heterocycles. The van der Waals surface area contributed by atoms with Gasteiger partial charge in [-0.3, -0.25) is 0 Å². The van der Waals surface area contributed by atoms with Crippen molar-refractivity contribution in [1.29, 1.82) is 0 Å². The Hall–Kier alpha value is -1.88. The van der Waals surface area contributed by atoms with Crippen LogP contribution >= 0.6 is 0 Å². The Kier molecular flexibility index (Phi) is 3.72. The van der Waals surface area contributed by atoms with E-state index in [2.05, 4.69) is 15.3 Å². The number of rotatable bonds is 5. The number of hydrogen-bond acceptors (Lipinski definition) is 5. The monoisotopic (exact) mass is 233 g/mol. The van der Waals surface area contributed by atoms with Gasteiger partial charge in [0.15, 0.2) is 0 Å². The summed E-state index contributed by atoms with van der Waals surface area (Å²) in [5, 5.41) is 3.18. The molecule has 0 spiro atoms. The lowest BCUT2D eigenvalue weighted by Gasteiger charge is -2.15. The third-order valence-electron chi connectivity index (χ3n) is 2.32. The number of nitrogens with zero attached hydrogens (tertiary/aromatic N) is 2. The molecule has 0 aromatic carbocycles.